The van der Waals surface area contributed by atoms with E-state index in [4.69, 9.17) is 11.6 Å². The highest BCUT2D eigenvalue weighted by molar-refractivity contribution is 6.30. The Hall–Kier alpha value is -0.640. The van der Waals surface area contributed by atoms with Gasteiger partial charge in [-0.1, -0.05) is 17.7 Å². The van der Waals surface area contributed by atoms with E-state index in [0.29, 0.717) is 6.04 Å². The first-order valence-electron chi connectivity index (χ1n) is 5.58. The van der Waals surface area contributed by atoms with Gasteiger partial charge in [0.05, 0.1) is 5.02 Å². The normalized spacial score (nSPS) is 19.7. The van der Waals surface area contributed by atoms with E-state index < -0.39 is 0 Å². The van der Waals surface area contributed by atoms with Gasteiger partial charge in [0, 0.05) is 32.2 Å². The Morgan fingerprint density at radius 3 is 2.69 bits per heavy atom. The number of benzene rings is 1. The molecule has 0 amide bonds. The van der Waals surface area contributed by atoms with E-state index in [1.54, 1.807) is 6.07 Å². The van der Waals surface area contributed by atoms with Crippen LogP contribution in [0.25, 0.3) is 0 Å². The molecule has 1 saturated heterocycles. The van der Waals surface area contributed by atoms with Crippen LogP contribution in [0.3, 0.4) is 0 Å². The Balaban J connectivity index is 2.12. The maximum Gasteiger partial charge on any atom is 0.141 e. The summed E-state index contributed by atoms with van der Waals surface area (Å²) in [6.45, 7) is 6.21. The molecule has 16 heavy (non-hydrogen) atoms. The molecule has 1 aliphatic heterocycles. The second kappa shape index (κ2) is 5.13. The van der Waals surface area contributed by atoms with Gasteiger partial charge in [-0.05, 0) is 24.6 Å². The highest BCUT2D eigenvalue weighted by Crippen LogP contribution is 2.24. The lowest BCUT2D eigenvalue weighted by Gasteiger charge is -2.33. The third kappa shape index (κ3) is 2.54. The molecule has 0 saturated carbocycles. The van der Waals surface area contributed by atoms with Crippen molar-refractivity contribution in [3.8, 4) is 0 Å². The van der Waals surface area contributed by atoms with Crippen LogP contribution in [0.4, 0.5) is 4.39 Å². The lowest BCUT2D eigenvalue weighted by molar-refractivity contribution is 0.185. The minimum absolute atomic E-state index is 0.208. The highest BCUT2D eigenvalue weighted by Gasteiger charge is 2.18. The first kappa shape index (κ1) is 11.8. The van der Waals surface area contributed by atoms with Crippen molar-refractivity contribution in [2.24, 2.45) is 0 Å². The molecular formula is C12H16ClFN2. The van der Waals surface area contributed by atoms with E-state index in [0.717, 1.165) is 31.7 Å². The number of rotatable bonds is 2. The number of hydrogen-bond acceptors (Lipinski definition) is 2. The van der Waals surface area contributed by atoms with Gasteiger partial charge in [-0.15, -0.1) is 0 Å². The summed E-state index contributed by atoms with van der Waals surface area (Å²) in [4.78, 5) is 2.38. The molecule has 0 bridgehead atoms. The first-order valence-corrected chi connectivity index (χ1v) is 5.96. The molecular weight excluding hydrogens is 227 g/mol. The first-order chi connectivity index (χ1) is 7.68. The largest absolute Gasteiger partial charge is 0.314 e. The monoisotopic (exact) mass is 242 g/mol. The van der Waals surface area contributed by atoms with Crippen molar-refractivity contribution in [1.29, 1.82) is 0 Å². The Labute approximate surface area is 100 Å². The molecule has 1 aliphatic rings. The Morgan fingerprint density at radius 1 is 1.38 bits per heavy atom. The van der Waals surface area contributed by atoms with Crippen LogP contribution in [0.2, 0.25) is 5.02 Å². The zero-order valence-electron chi connectivity index (χ0n) is 9.34. The van der Waals surface area contributed by atoms with Crippen LogP contribution in [0, 0.1) is 5.82 Å². The van der Waals surface area contributed by atoms with Crippen molar-refractivity contribution < 1.29 is 4.39 Å². The second-order valence-electron chi connectivity index (χ2n) is 4.14. The summed E-state index contributed by atoms with van der Waals surface area (Å²) in [6, 6.07) is 5.27. The van der Waals surface area contributed by atoms with Crippen LogP contribution >= 0.6 is 11.6 Å². The number of piperazine rings is 1. The van der Waals surface area contributed by atoms with Crippen molar-refractivity contribution in [3.05, 3.63) is 34.6 Å². The summed E-state index contributed by atoms with van der Waals surface area (Å²) in [5.74, 6) is -0.349. The van der Waals surface area contributed by atoms with Gasteiger partial charge in [-0.25, -0.2) is 4.39 Å². The van der Waals surface area contributed by atoms with Crippen molar-refractivity contribution in [3.63, 3.8) is 0 Å². The van der Waals surface area contributed by atoms with E-state index in [9.17, 15) is 4.39 Å². The van der Waals surface area contributed by atoms with Crippen LogP contribution in [0.1, 0.15) is 18.5 Å². The van der Waals surface area contributed by atoms with E-state index in [1.807, 2.05) is 6.07 Å². The molecule has 0 aromatic heterocycles. The summed E-state index contributed by atoms with van der Waals surface area (Å²) in [5, 5.41) is 3.52. The van der Waals surface area contributed by atoms with E-state index in [1.165, 1.54) is 6.07 Å². The minimum atomic E-state index is -0.349. The van der Waals surface area contributed by atoms with Gasteiger partial charge in [-0.3, -0.25) is 4.90 Å². The average molecular weight is 243 g/mol. The summed E-state index contributed by atoms with van der Waals surface area (Å²) >= 11 is 5.79. The third-order valence-electron chi connectivity index (χ3n) is 3.13. The maximum atomic E-state index is 13.0. The molecule has 2 rings (SSSR count). The van der Waals surface area contributed by atoms with Crippen LogP contribution in [-0.2, 0) is 0 Å². The molecule has 1 aromatic carbocycles. The molecule has 1 heterocycles. The number of nitrogens with one attached hydrogen (secondary N) is 1. The molecule has 1 N–H and O–H groups in total. The fraction of sp³-hybridized carbons (Fsp3) is 0.500. The maximum absolute atomic E-state index is 13.0. The van der Waals surface area contributed by atoms with Gasteiger partial charge in [0.1, 0.15) is 5.82 Å². The number of halogens is 2. The Morgan fingerprint density at radius 2 is 2.06 bits per heavy atom. The molecule has 0 unspecified atom stereocenters. The molecule has 1 fully saturated rings. The predicted molar refractivity (Wildman–Crippen MR) is 64.3 cm³/mol. The summed E-state index contributed by atoms with van der Waals surface area (Å²) in [5.41, 5.74) is 1.08. The molecule has 0 radical (unpaired) electrons. The third-order valence-corrected chi connectivity index (χ3v) is 3.42. The Kier molecular flexibility index (Phi) is 3.79. The van der Waals surface area contributed by atoms with Gasteiger partial charge in [0.15, 0.2) is 0 Å². The van der Waals surface area contributed by atoms with Gasteiger partial charge < -0.3 is 5.32 Å². The van der Waals surface area contributed by atoms with Crippen molar-refractivity contribution in [1.82, 2.24) is 10.2 Å². The minimum Gasteiger partial charge on any atom is -0.314 e. The zero-order chi connectivity index (χ0) is 11.5. The molecule has 1 atom stereocenters. The van der Waals surface area contributed by atoms with Gasteiger partial charge >= 0.3 is 0 Å². The zero-order valence-corrected chi connectivity index (χ0v) is 10.1. The van der Waals surface area contributed by atoms with E-state index in [-0.39, 0.29) is 10.8 Å². The van der Waals surface area contributed by atoms with Crippen LogP contribution in [0.15, 0.2) is 18.2 Å². The van der Waals surface area contributed by atoms with Crippen molar-refractivity contribution in [2.45, 2.75) is 13.0 Å². The summed E-state index contributed by atoms with van der Waals surface area (Å²) in [7, 11) is 0. The molecule has 0 aliphatic carbocycles. The lowest BCUT2D eigenvalue weighted by atomic mass is 10.1. The fourth-order valence-corrected chi connectivity index (χ4v) is 2.24. The molecule has 1 aromatic rings. The van der Waals surface area contributed by atoms with Gasteiger partial charge in [-0.2, -0.15) is 0 Å². The number of hydrogen-bond donors (Lipinski definition) is 1. The molecule has 4 heteroatoms. The number of nitrogens with zero attached hydrogens (tertiary/aromatic N) is 1. The lowest BCUT2D eigenvalue weighted by Crippen LogP contribution is -2.44. The predicted octanol–water partition coefficient (Wildman–Crippen LogP) is 2.45. The smallest absolute Gasteiger partial charge is 0.141 e. The highest BCUT2D eigenvalue weighted by atomic mass is 35.5. The van der Waals surface area contributed by atoms with Gasteiger partial charge in [0.2, 0.25) is 0 Å². The molecule has 88 valence electrons. The SMILES string of the molecule is C[C@@H](c1ccc(F)c(Cl)c1)N1CCNCC1. The van der Waals surface area contributed by atoms with Crippen molar-refractivity contribution >= 4 is 11.6 Å². The topological polar surface area (TPSA) is 15.3 Å². The van der Waals surface area contributed by atoms with Crippen LogP contribution < -0.4 is 5.32 Å². The van der Waals surface area contributed by atoms with E-state index in [2.05, 4.69) is 17.1 Å². The van der Waals surface area contributed by atoms with E-state index >= 15 is 0 Å². The second-order valence-corrected chi connectivity index (χ2v) is 4.54. The fourth-order valence-electron chi connectivity index (χ4n) is 2.05. The quantitative estimate of drug-likeness (QED) is 0.857. The summed E-state index contributed by atoms with van der Waals surface area (Å²) in [6.07, 6.45) is 0. The van der Waals surface area contributed by atoms with Crippen LogP contribution in [-0.4, -0.2) is 31.1 Å². The Bertz CT molecular complexity index is 364. The average Bonchev–Trinajstić information content (AvgIpc) is 2.33. The summed E-state index contributed by atoms with van der Waals surface area (Å²) < 4.78 is 13.0. The van der Waals surface area contributed by atoms with Gasteiger partial charge in [0.25, 0.3) is 0 Å². The van der Waals surface area contributed by atoms with Crippen LogP contribution in [0.5, 0.6) is 0 Å². The molecule has 2 nitrogen and oxygen atoms in total. The standard InChI is InChI=1S/C12H16ClFN2/c1-9(16-6-4-15-5-7-16)10-2-3-12(14)11(13)8-10/h2-3,8-9,15H,4-7H2,1H3/t9-/m0/s1. The molecule has 0 spiro atoms. The van der Waals surface area contributed by atoms with Crippen molar-refractivity contribution in [2.75, 3.05) is 26.2 Å².